The van der Waals surface area contributed by atoms with Crippen LogP contribution in [0.15, 0.2) is 133 Å². The highest BCUT2D eigenvalue weighted by molar-refractivity contribution is 6.08. The monoisotopic (exact) mass is 767 g/mol. The van der Waals surface area contributed by atoms with Crippen LogP contribution in [0.5, 0.6) is 0 Å². The van der Waals surface area contributed by atoms with E-state index >= 15 is 0 Å². The fourth-order valence-corrected chi connectivity index (χ4v) is 8.55. The Morgan fingerprint density at radius 2 is 0.759 bits per heavy atom. The van der Waals surface area contributed by atoms with Crippen molar-refractivity contribution in [3.05, 3.63) is 161 Å². The van der Waals surface area contributed by atoms with Gasteiger partial charge >= 0.3 is 0 Å². The number of hydrogen-bond donors (Lipinski definition) is 0. The summed E-state index contributed by atoms with van der Waals surface area (Å²) in [4.78, 5) is 4.87. The Kier molecular flexibility index (Phi) is 10.6. The molecule has 6 aromatic rings. The molecule has 0 heterocycles. The van der Waals surface area contributed by atoms with Gasteiger partial charge in [-0.05, 0) is 164 Å². The Labute approximate surface area is 350 Å². The number of benzene rings is 6. The zero-order valence-corrected chi connectivity index (χ0v) is 37.8. The molecule has 1 unspecified atom stereocenters. The summed E-state index contributed by atoms with van der Waals surface area (Å²) in [6, 6.07) is 41.7. The lowest BCUT2D eigenvalue weighted by atomic mass is 9.77. The molecule has 0 fully saturated rings. The third-order valence-corrected chi connectivity index (χ3v) is 12.6. The molecular formula is C56H66N2. The van der Waals surface area contributed by atoms with E-state index in [1.807, 2.05) is 0 Å². The van der Waals surface area contributed by atoms with Gasteiger partial charge in [-0.1, -0.05) is 144 Å². The minimum absolute atomic E-state index is 0.0868. The van der Waals surface area contributed by atoms with E-state index in [1.54, 1.807) is 0 Å². The summed E-state index contributed by atoms with van der Waals surface area (Å²) in [5, 5.41) is 5.18. The summed E-state index contributed by atoms with van der Waals surface area (Å²) in [7, 11) is 0. The van der Waals surface area contributed by atoms with Gasteiger partial charge in [0.15, 0.2) is 0 Å². The van der Waals surface area contributed by atoms with Crippen LogP contribution < -0.4 is 9.80 Å². The van der Waals surface area contributed by atoms with Gasteiger partial charge in [-0.15, -0.1) is 0 Å². The Morgan fingerprint density at radius 3 is 1.09 bits per heavy atom. The van der Waals surface area contributed by atoms with Crippen LogP contribution in [-0.4, -0.2) is 0 Å². The molecule has 0 saturated carbocycles. The highest BCUT2D eigenvalue weighted by atomic mass is 15.1. The minimum atomic E-state index is 0.0868. The van der Waals surface area contributed by atoms with Crippen molar-refractivity contribution >= 4 is 50.0 Å². The van der Waals surface area contributed by atoms with Crippen molar-refractivity contribution in [2.45, 2.75) is 120 Å². The molecule has 1 aliphatic rings. The van der Waals surface area contributed by atoms with Crippen molar-refractivity contribution in [1.29, 1.82) is 0 Å². The summed E-state index contributed by atoms with van der Waals surface area (Å²) in [5.41, 5.74) is 14.2. The van der Waals surface area contributed by atoms with Gasteiger partial charge in [-0.25, -0.2) is 0 Å². The highest BCUT2D eigenvalue weighted by Crippen LogP contribution is 2.43. The summed E-state index contributed by atoms with van der Waals surface area (Å²) < 4.78 is 0. The SMILES string of the molecule is Cc1c2ccc(N(c3ccc(C(C)(C)C)cc3)c3ccc(C(C)(C)C)cc3)cc2c(C)c2ccc(N(C3=CCC(C(C)(C)C)C=C3)c3ccc(C(C)(C)C)cc3)cc12. The van der Waals surface area contributed by atoms with Crippen LogP contribution in [0.25, 0.3) is 21.5 Å². The molecule has 58 heavy (non-hydrogen) atoms. The number of fused-ring (bicyclic) bond motifs is 2. The molecule has 0 amide bonds. The van der Waals surface area contributed by atoms with Crippen molar-refractivity contribution in [3.8, 4) is 0 Å². The number of anilines is 5. The predicted octanol–water partition coefficient (Wildman–Crippen LogP) is 16.6. The van der Waals surface area contributed by atoms with Gasteiger partial charge < -0.3 is 9.80 Å². The average molecular weight is 767 g/mol. The molecule has 0 spiro atoms. The predicted molar refractivity (Wildman–Crippen MR) is 255 cm³/mol. The minimum Gasteiger partial charge on any atom is -0.311 e. The van der Waals surface area contributed by atoms with E-state index in [0.29, 0.717) is 5.92 Å². The van der Waals surface area contributed by atoms with Crippen molar-refractivity contribution in [2.75, 3.05) is 9.80 Å². The third-order valence-electron chi connectivity index (χ3n) is 12.6. The van der Waals surface area contributed by atoms with E-state index in [1.165, 1.54) is 66.4 Å². The van der Waals surface area contributed by atoms with Crippen molar-refractivity contribution < 1.29 is 0 Å². The van der Waals surface area contributed by atoms with Crippen LogP contribution in [-0.2, 0) is 16.2 Å². The first kappa shape index (κ1) is 41.1. The molecule has 0 radical (unpaired) electrons. The first-order chi connectivity index (χ1) is 27.1. The molecule has 0 aliphatic heterocycles. The molecular weight excluding hydrogens is 701 g/mol. The topological polar surface area (TPSA) is 6.48 Å². The van der Waals surface area contributed by atoms with Gasteiger partial charge in [-0.3, -0.25) is 0 Å². The highest BCUT2D eigenvalue weighted by Gasteiger charge is 2.26. The average Bonchev–Trinajstić information content (AvgIpc) is 3.16. The molecule has 0 aromatic heterocycles. The molecule has 1 atom stereocenters. The molecule has 1 aliphatic carbocycles. The maximum Gasteiger partial charge on any atom is 0.0468 e. The number of hydrogen-bond acceptors (Lipinski definition) is 2. The summed E-state index contributed by atoms with van der Waals surface area (Å²) >= 11 is 0. The maximum atomic E-state index is 2.46. The Balaban J connectivity index is 1.35. The van der Waals surface area contributed by atoms with E-state index in [2.05, 4.69) is 234 Å². The molecule has 300 valence electrons. The molecule has 0 bridgehead atoms. The van der Waals surface area contributed by atoms with Crippen LogP contribution >= 0.6 is 0 Å². The molecule has 2 nitrogen and oxygen atoms in total. The first-order valence-corrected chi connectivity index (χ1v) is 21.4. The number of allylic oxidation sites excluding steroid dienone is 3. The zero-order valence-electron chi connectivity index (χ0n) is 37.8. The third kappa shape index (κ3) is 8.13. The van der Waals surface area contributed by atoms with Gasteiger partial charge in [0.2, 0.25) is 0 Å². The zero-order chi connectivity index (χ0) is 41.9. The molecule has 6 aromatic carbocycles. The molecule has 2 heteroatoms. The van der Waals surface area contributed by atoms with Gasteiger partial charge in [0.25, 0.3) is 0 Å². The van der Waals surface area contributed by atoms with Gasteiger partial charge in [0, 0.05) is 34.1 Å². The Morgan fingerprint density at radius 1 is 0.414 bits per heavy atom. The van der Waals surface area contributed by atoms with E-state index in [-0.39, 0.29) is 21.7 Å². The quantitative estimate of drug-likeness (QED) is 0.156. The largest absolute Gasteiger partial charge is 0.311 e. The molecule has 7 rings (SSSR count). The fourth-order valence-electron chi connectivity index (χ4n) is 8.55. The van der Waals surface area contributed by atoms with Crippen LogP contribution in [0, 0.1) is 25.2 Å². The van der Waals surface area contributed by atoms with Crippen LogP contribution in [0.2, 0.25) is 0 Å². The van der Waals surface area contributed by atoms with Crippen LogP contribution in [0.4, 0.5) is 28.4 Å². The van der Waals surface area contributed by atoms with Crippen molar-refractivity contribution in [3.63, 3.8) is 0 Å². The van der Waals surface area contributed by atoms with Crippen LogP contribution in [0.3, 0.4) is 0 Å². The van der Waals surface area contributed by atoms with Gasteiger partial charge in [0.1, 0.15) is 0 Å². The molecule has 0 N–H and O–H groups in total. The van der Waals surface area contributed by atoms with Crippen molar-refractivity contribution in [1.82, 2.24) is 0 Å². The lowest BCUT2D eigenvalue weighted by Gasteiger charge is -2.33. The fraction of sp³-hybridized carbons (Fsp3) is 0.357. The normalized spacial score (nSPS) is 15.2. The molecule has 0 saturated heterocycles. The lowest BCUT2D eigenvalue weighted by molar-refractivity contribution is 0.293. The Bertz CT molecular complexity index is 2440. The smallest absolute Gasteiger partial charge is 0.0468 e. The lowest BCUT2D eigenvalue weighted by Crippen LogP contribution is -2.23. The van der Waals surface area contributed by atoms with E-state index < -0.39 is 0 Å². The first-order valence-electron chi connectivity index (χ1n) is 21.4. The maximum absolute atomic E-state index is 2.46. The van der Waals surface area contributed by atoms with Crippen molar-refractivity contribution in [2.24, 2.45) is 11.3 Å². The van der Waals surface area contributed by atoms with E-state index in [4.69, 9.17) is 0 Å². The summed E-state index contributed by atoms with van der Waals surface area (Å²) in [6.45, 7) is 32.2. The standard InChI is InChI=1S/C56H66N2/c1-37-49-33-31-48(58(45-27-19-41(20-28-45)55(9,10)11)46-29-21-42(22-30-46)56(12,13)14)36-52(49)38(2)50-34-32-47(35-51(37)50)57(43-23-15-39(16-24-43)53(3,4)5)44-25-17-40(18-26-44)54(6,7)8/h15-21,23-36,42H,22H2,1-14H3. The second kappa shape index (κ2) is 14.9. The summed E-state index contributed by atoms with van der Waals surface area (Å²) in [5.74, 6) is 0.515. The van der Waals surface area contributed by atoms with Gasteiger partial charge in [-0.2, -0.15) is 0 Å². The number of nitrogens with zero attached hydrogens (tertiary/aromatic N) is 2. The van der Waals surface area contributed by atoms with Crippen LogP contribution in [0.1, 0.15) is 117 Å². The number of aryl methyl sites for hydroxylation is 2. The van der Waals surface area contributed by atoms with E-state index in [9.17, 15) is 0 Å². The van der Waals surface area contributed by atoms with Gasteiger partial charge in [0.05, 0.1) is 0 Å². The Hall–Kier alpha value is -5.08. The second-order valence-electron chi connectivity index (χ2n) is 21.0. The summed E-state index contributed by atoms with van der Waals surface area (Å²) in [6.07, 6.45) is 8.24. The second-order valence-corrected chi connectivity index (χ2v) is 21.0. The number of rotatable bonds is 6. The van der Waals surface area contributed by atoms with E-state index in [0.717, 1.165) is 23.5 Å².